The number of hydrogen-bond donors (Lipinski definition) is 0. The predicted molar refractivity (Wildman–Crippen MR) is 47.2 cm³/mol. The first-order chi connectivity index (χ1) is 6.56. The summed E-state index contributed by atoms with van der Waals surface area (Å²) in [6.07, 6.45) is -0.563. The second-order valence-corrected chi connectivity index (χ2v) is 3.64. The lowest BCUT2D eigenvalue weighted by atomic mass is 10.1. The molecule has 0 N–H and O–H groups in total. The lowest BCUT2D eigenvalue weighted by Crippen LogP contribution is -2.43. The van der Waals surface area contributed by atoms with Crippen molar-refractivity contribution in [3.63, 3.8) is 0 Å². The quantitative estimate of drug-likeness (QED) is 0.633. The van der Waals surface area contributed by atoms with Crippen molar-refractivity contribution < 1.29 is 18.3 Å². The van der Waals surface area contributed by atoms with E-state index >= 15 is 0 Å². The largest absolute Gasteiger partial charge is 0.468 e. The molecular formula is C9H15F2NO2. The first-order valence-electron chi connectivity index (χ1n) is 4.62. The van der Waals surface area contributed by atoms with E-state index in [-0.39, 0.29) is 12.5 Å². The van der Waals surface area contributed by atoms with Crippen molar-refractivity contribution in [2.45, 2.75) is 25.3 Å². The summed E-state index contributed by atoms with van der Waals surface area (Å²) in [6, 6.07) is -0.492. The van der Waals surface area contributed by atoms with Crippen molar-refractivity contribution in [2.75, 3.05) is 20.7 Å². The van der Waals surface area contributed by atoms with Crippen LogP contribution in [0.1, 0.15) is 12.8 Å². The molecule has 0 radical (unpaired) electrons. The highest BCUT2D eigenvalue weighted by molar-refractivity contribution is 5.76. The smallest absolute Gasteiger partial charge is 0.323 e. The van der Waals surface area contributed by atoms with Gasteiger partial charge in [0.2, 0.25) is 0 Å². The molecule has 0 spiro atoms. The first kappa shape index (κ1) is 11.4. The molecule has 0 amide bonds. The van der Waals surface area contributed by atoms with E-state index in [1.165, 1.54) is 19.1 Å². The molecule has 1 unspecified atom stereocenters. The van der Waals surface area contributed by atoms with Gasteiger partial charge in [0.05, 0.1) is 13.7 Å². The van der Waals surface area contributed by atoms with Crippen LogP contribution >= 0.6 is 0 Å². The van der Waals surface area contributed by atoms with Crippen LogP contribution < -0.4 is 0 Å². The summed E-state index contributed by atoms with van der Waals surface area (Å²) in [5, 5.41) is 0. The number of hydrogen-bond acceptors (Lipinski definition) is 3. The number of nitrogens with zero attached hydrogens (tertiary/aromatic N) is 1. The Morgan fingerprint density at radius 1 is 1.57 bits per heavy atom. The van der Waals surface area contributed by atoms with E-state index in [0.29, 0.717) is 0 Å². The molecule has 1 rings (SSSR count). The number of likely N-dealkylation sites (N-methyl/N-ethyl adjacent to an activating group) is 1. The van der Waals surface area contributed by atoms with Gasteiger partial charge in [-0.15, -0.1) is 0 Å². The van der Waals surface area contributed by atoms with Crippen molar-refractivity contribution in [2.24, 2.45) is 5.92 Å². The topological polar surface area (TPSA) is 29.5 Å². The molecule has 82 valence electrons. The van der Waals surface area contributed by atoms with Crippen LogP contribution in [0.2, 0.25) is 0 Å². The third-order valence-electron chi connectivity index (χ3n) is 2.41. The number of halogens is 2. The summed E-state index contributed by atoms with van der Waals surface area (Å²) in [4.78, 5) is 12.7. The highest BCUT2D eigenvalue weighted by Crippen LogP contribution is 2.35. The van der Waals surface area contributed by atoms with E-state index in [1.54, 1.807) is 0 Å². The zero-order valence-electron chi connectivity index (χ0n) is 8.37. The fourth-order valence-corrected chi connectivity index (χ4v) is 1.60. The van der Waals surface area contributed by atoms with E-state index < -0.39 is 18.4 Å². The third kappa shape index (κ3) is 2.90. The normalized spacial score (nSPS) is 18.7. The fourth-order valence-electron chi connectivity index (χ4n) is 1.60. The standard InChI is InChI=1S/C9H15F2NO2/c1-12(5-7(10)11)8(6-3-4-6)9(13)14-2/h6-8H,3-5H2,1-2H3. The molecule has 1 aliphatic rings. The van der Waals surface area contributed by atoms with E-state index in [9.17, 15) is 13.6 Å². The zero-order valence-corrected chi connectivity index (χ0v) is 8.37. The predicted octanol–water partition coefficient (Wildman–Crippen LogP) is 1.13. The van der Waals surface area contributed by atoms with Gasteiger partial charge in [0.1, 0.15) is 6.04 Å². The number of methoxy groups -OCH3 is 1. The van der Waals surface area contributed by atoms with Crippen molar-refractivity contribution >= 4 is 5.97 Å². The van der Waals surface area contributed by atoms with Crippen LogP contribution in [0.15, 0.2) is 0 Å². The minimum Gasteiger partial charge on any atom is -0.468 e. The van der Waals surface area contributed by atoms with Crippen LogP contribution in [0.3, 0.4) is 0 Å². The molecule has 1 fully saturated rings. The van der Waals surface area contributed by atoms with Gasteiger partial charge < -0.3 is 4.74 Å². The lowest BCUT2D eigenvalue weighted by Gasteiger charge is -2.25. The van der Waals surface area contributed by atoms with Crippen LogP contribution in [0.4, 0.5) is 8.78 Å². The number of esters is 1. The minimum absolute atomic E-state index is 0.200. The molecule has 5 heteroatoms. The number of rotatable bonds is 5. The molecule has 0 heterocycles. The van der Waals surface area contributed by atoms with Gasteiger partial charge in [-0.2, -0.15) is 0 Å². The average Bonchev–Trinajstić information content (AvgIpc) is 2.87. The second-order valence-electron chi connectivity index (χ2n) is 3.64. The number of alkyl halides is 2. The van der Waals surface area contributed by atoms with Crippen molar-refractivity contribution in [3.05, 3.63) is 0 Å². The van der Waals surface area contributed by atoms with Gasteiger partial charge >= 0.3 is 5.97 Å². The van der Waals surface area contributed by atoms with Crippen LogP contribution in [-0.2, 0) is 9.53 Å². The van der Waals surface area contributed by atoms with E-state index in [0.717, 1.165) is 12.8 Å². The fraction of sp³-hybridized carbons (Fsp3) is 0.889. The third-order valence-corrected chi connectivity index (χ3v) is 2.41. The lowest BCUT2D eigenvalue weighted by molar-refractivity contribution is -0.147. The Labute approximate surface area is 82.0 Å². The maximum Gasteiger partial charge on any atom is 0.323 e. The molecule has 1 saturated carbocycles. The van der Waals surface area contributed by atoms with Crippen LogP contribution in [0, 0.1) is 5.92 Å². The average molecular weight is 207 g/mol. The van der Waals surface area contributed by atoms with Crippen molar-refractivity contribution in [1.82, 2.24) is 4.90 Å². The van der Waals surface area contributed by atoms with Gasteiger partial charge in [0.25, 0.3) is 6.43 Å². The van der Waals surface area contributed by atoms with Gasteiger partial charge in [-0.05, 0) is 25.8 Å². The number of carbonyl (C=O) groups is 1. The van der Waals surface area contributed by atoms with Gasteiger partial charge in [-0.1, -0.05) is 0 Å². The number of ether oxygens (including phenoxy) is 1. The Balaban J connectivity index is 2.52. The van der Waals surface area contributed by atoms with Crippen molar-refractivity contribution in [3.8, 4) is 0 Å². The second kappa shape index (κ2) is 4.68. The highest BCUT2D eigenvalue weighted by Gasteiger charge is 2.40. The van der Waals surface area contributed by atoms with Gasteiger partial charge in [-0.25, -0.2) is 8.78 Å². The van der Waals surface area contributed by atoms with Crippen LogP contribution in [0.5, 0.6) is 0 Å². The van der Waals surface area contributed by atoms with E-state index in [4.69, 9.17) is 0 Å². The van der Waals surface area contributed by atoms with Gasteiger partial charge in [-0.3, -0.25) is 9.69 Å². The Morgan fingerprint density at radius 2 is 2.14 bits per heavy atom. The summed E-state index contributed by atoms with van der Waals surface area (Å²) in [6.45, 7) is -0.379. The maximum atomic E-state index is 12.1. The zero-order chi connectivity index (χ0) is 10.7. The molecule has 0 aromatic rings. The number of carbonyl (C=O) groups excluding carboxylic acids is 1. The Morgan fingerprint density at radius 3 is 2.50 bits per heavy atom. The summed E-state index contributed by atoms with van der Waals surface area (Å²) in [5.41, 5.74) is 0. The van der Waals surface area contributed by atoms with E-state index in [1.807, 2.05) is 0 Å². The first-order valence-corrected chi connectivity index (χ1v) is 4.62. The summed E-state index contributed by atoms with van der Waals surface area (Å²) >= 11 is 0. The molecule has 3 nitrogen and oxygen atoms in total. The SMILES string of the molecule is COC(=O)C(C1CC1)N(C)CC(F)F. The van der Waals surface area contributed by atoms with Crippen LogP contribution in [0.25, 0.3) is 0 Å². The highest BCUT2D eigenvalue weighted by atomic mass is 19.3. The van der Waals surface area contributed by atoms with E-state index in [2.05, 4.69) is 4.74 Å². The Hall–Kier alpha value is -0.710. The summed E-state index contributed by atoms with van der Waals surface area (Å²) < 4.78 is 28.8. The molecule has 1 atom stereocenters. The molecule has 1 aliphatic carbocycles. The molecule has 14 heavy (non-hydrogen) atoms. The molecule has 0 saturated heterocycles. The van der Waals surface area contributed by atoms with Crippen LogP contribution in [-0.4, -0.2) is 44.0 Å². The Bertz CT molecular complexity index is 207. The summed E-state index contributed by atoms with van der Waals surface area (Å²) in [7, 11) is 2.82. The molecule has 0 bridgehead atoms. The minimum atomic E-state index is -2.41. The van der Waals surface area contributed by atoms with Crippen molar-refractivity contribution in [1.29, 1.82) is 0 Å². The molecule has 0 aliphatic heterocycles. The molecule has 0 aromatic carbocycles. The van der Waals surface area contributed by atoms with Gasteiger partial charge in [0, 0.05) is 0 Å². The monoisotopic (exact) mass is 207 g/mol. The Kier molecular flexibility index (Phi) is 3.80. The van der Waals surface area contributed by atoms with Gasteiger partial charge in [0.15, 0.2) is 0 Å². The summed E-state index contributed by atoms with van der Waals surface area (Å²) in [5.74, 6) is -0.207. The molecular weight excluding hydrogens is 192 g/mol. The maximum absolute atomic E-state index is 12.1. The molecule has 0 aromatic heterocycles.